The van der Waals surface area contributed by atoms with E-state index in [1.54, 1.807) is 12.3 Å². The number of halogens is 1. The lowest BCUT2D eigenvalue weighted by molar-refractivity contribution is 0.470. The van der Waals surface area contributed by atoms with Crippen LogP contribution in [0.15, 0.2) is 36.5 Å². The number of aromatic hydroxyl groups is 1. The second kappa shape index (κ2) is 4.59. The van der Waals surface area contributed by atoms with Crippen molar-refractivity contribution in [3.8, 4) is 17.1 Å². The maximum atomic E-state index is 14.1. The quantitative estimate of drug-likeness (QED) is 0.775. The lowest BCUT2D eigenvalue weighted by atomic mass is 10.1. The molecule has 0 bridgehead atoms. The van der Waals surface area contributed by atoms with Gasteiger partial charge in [0.05, 0.1) is 5.56 Å². The van der Waals surface area contributed by atoms with Crippen molar-refractivity contribution >= 4 is 11.2 Å². The third-order valence-corrected chi connectivity index (χ3v) is 3.18. The lowest BCUT2D eigenvalue weighted by Gasteiger charge is -2.13. The molecule has 0 unspecified atom stereocenters. The Kier molecular flexibility index (Phi) is 2.89. The van der Waals surface area contributed by atoms with Crippen molar-refractivity contribution in [3.63, 3.8) is 0 Å². The predicted molar refractivity (Wildman–Crippen MR) is 75.0 cm³/mol. The Morgan fingerprint density at radius 1 is 1.20 bits per heavy atom. The van der Waals surface area contributed by atoms with Crippen LogP contribution in [0, 0.1) is 5.82 Å². The number of hydrogen-bond donors (Lipinski definition) is 1. The van der Waals surface area contributed by atoms with E-state index < -0.39 is 5.82 Å². The second-order valence-electron chi connectivity index (χ2n) is 4.88. The predicted octanol–water partition coefficient (Wildman–Crippen LogP) is 3.52. The van der Waals surface area contributed by atoms with E-state index in [0.717, 1.165) is 0 Å². The number of fused-ring (bicyclic) bond motifs is 1. The summed E-state index contributed by atoms with van der Waals surface area (Å²) >= 11 is 0. The van der Waals surface area contributed by atoms with Gasteiger partial charge < -0.3 is 9.67 Å². The van der Waals surface area contributed by atoms with Gasteiger partial charge in [0.1, 0.15) is 22.9 Å². The van der Waals surface area contributed by atoms with E-state index >= 15 is 0 Å². The number of imidazole rings is 1. The molecule has 3 rings (SSSR count). The highest BCUT2D eigenvalue weighted by Gasteiger charge is 2.20. The molecule has 0 fully saturated rings. The van der Waals surface area contributed by atoms with Crippen molar-refractivity contribution < 1.29 is 9.50 Å². The summed E-state index contributed by atoms with van der Waals surface area (Å²) in [5, 5.41) is 9.96. The fourth-order valence-electron chi connectivity index (χ4n) is 2.33. The van der Waals surface area contributed by atoms with Crippen LogP contribution in [0.2, 0.25) is 0 Å². The van der Waals surface area contributed by atoms with Gasteiger partial charge in [-0.05, 0) is 38.1 Å². The number of hydrogen-bond acceptors (Lipinski definition) is 3. The molecule has 0 aliphatic heterocycles. The highest BCUT2D eigenvalue weighted by molar-refractivity contribution is 5.79. The average Bonchev–Trinajstić information content (AvgIpc) is 2.77. The Morgan fingerprint density at radius 2 is 2.00 bits per heavy atom. The summed E-state index contributed by atoms with van der Waals surface area (Å²) in [4.78, 5) is 8.73. The molecule has 0 saturated carbocycles. The first-order valence-electron chi connectivity index (χ1n) is 6.40. The van der Waals surface area contributed by atoms with Crippen LogP contribution in [0.25, 0.3) is 22.6 Å². The number of aromatic nitrogens is 3. The first-order valence-corrected chi connectivity index (χ1v) is 6.40. The van der Waals surface area contributed by atoms with Gasteiger partial charge in [-0.1, -0.05) is 6.07 Å². The second-order valence-corrected chi connectivity index (χ2v) is 4.88. The van der Waals surface area contributed by atoms with Gasteiger partial charge in [0.25, 0.3) is 0 Å². The van der Waals surface area contributed by atoms with E-state index in [-0.39, 0.29) is 17.4 Å². The Hall–Kier alpha value is -2.43. The lowest BCUT2D eigenvalue weighted by Crippen LogP contribution is -2.05. The van der Waals surface area contributed by atoms with Crippen LogP contribution >= 0.6 is 0 Å². The first kappa shape index (κ1) is 12.6. The minimum absolute atomic E-state index is 0.0453. The molecular formula is C15H14FN3O. The Labute approximate surface area is 115 Å². The van der Waals surface area contributed by atoms with E-state index in [0.29, 0.717) is 17.0 Å². The molecule has 3 aromatic rings. The minimum Gasteiger partial charge on any atom is -0.507 e. The van der Waals surface area contributed by atoms with Crippen LogP contribution in [-0.2, 0) is 0 Å². The van der Waals surface area contributed by atoms with E-state index in [1.807, 2.05) is 24.5 Å². The Morgan fingerprint density at radius 3 is 2.70 bits per heavy atom. The van der Waals surface area contributed by atoms with Crippen LogP contribution in [0.3, 0.4) is 0 Å². The van der Waals surface area contributed by atoms with E-state index in [1.165, 1.54) is 18.2 Å². The standard InChI is InChI=1S/C15H14FN3O/c1-9(2)19-14-11(6-4-8-17-14)18-15(19)13-10(16)5-3-7-12(13)20/h3-9,20H,1-2H3. The van der Waals surface area contributed by atoms with Gasteiger partial charge in [-0.3, -0.25) is 0 Å². The summed E-state index contributed by atoms with van der Waals surface area (Å²) in [5.41, 5.74) is 1.47. The number of phenols is 1. The van der Waals surface area contributed by atoms with Crippen molar-refractivity contribution in [1.82, 2.24) is 14.5 Å². The van der Waals surface area contributed by atoms with E-state index in [4.69, 9.17) is 0 Å². The van der Waals surface area contributed by atoms with Crippen molar-refractivity contribution in [2.24, 2.45) is 0 Å². The highest BCUT2D eigenvalue weighted by Crippen LogP contribution is 2.34. The maximum absolute atomic E-state index is 14.1. The molecule has 1 N–H and O–H groups in total. The van der Waals surface area contributed by atoms with Crippen molar-refractivity contribution in [3.05, 3.63) is 42.3 Å². The number of benzene rings is 1. The molecule has 0 saturated heterocycles. The normalized spacial score (nSPS) is 11.4. The fraction of sp³-hybridized carbons (Fsp3) is 0.200. The third-order valence-electron chi connectivity index (χ3n) is 3.18. The molecule has 0 aliphatic carbocycles. The molecule has 4 nitrogen and oxygen atoms in total. The number of pyridine rings is 1. The zero-order valence-corrected chi connectivity index (χ0v) is 11.2. The van der Waals surface area contributed by atoms with Gasteiger partial charge in [0.15, 0.2) is 5.65 Å². The molecule has 102 valence electrons. The average molecular weight is 271 g/mol. The van der Waals surface area contributed by atoms with Gasteiger partial charge in [0.2, 0.25) is 0 Å². The summed E-state index contributed by atoms with van der Waals surface area (Å²) in [7, 11) is 0. The van der Waals surface area contributed by atoms with Crippen LogP contribution in [0.1, 0.15) is 19.9 Å². The van der Waals surface area contributed by atoms with Gasteiger partial charge in [-0.25, -0.2) is 14.4 Å². The van der Waals surface area contributed by atoms with Gasteiger partial charge in [-0.15, -0.1) is 0 Å². The van der Waals surface area contributed by atoms with E-state index in [9.17, 15) is 9.50 Å². The first-order chi connectivity index (χ1) is 9.59. The molecule has 0 atom stereocenters. The fourth-order valence-corrected chi connectivity index (χ4v) is 2.33. The zero-order chi connectivity index (χ0) is 14.3. The van der Waals surface area contributed by atoms with Crippen molar-refractivity contribution in [2.75, 3.05) is 0 Å². The molecular weight excluding hydrogens is 257 g/mol. The molecule has 0 radical (unpaired) electrons. The summed E-state index contributed by atoms with van der Waals surface area (Å²) in [6.45, 7) is 3.94. The van der Waals surface area contributed by atoms with E-state index in [2.05, 4.69) is 9.97 Å². The molecule has 0 aliphatic rings. The topological polar surface area (TPSA) is 50.9 Å². The van der Waals surface area contributed by atoms with Crippen LogP contribution in [0.5, 0.6) is 5.75 Å². The minimum atomic E-state index is -0.498. The Bertz CT molecular complexity index is 760. The number of phenolic OH excluding ortho intramolecular Hbond substituents is 1. The third kappa shape index (κ3) is 1.82. The monoisotopic (exact) mass is 271 g/mol. The number of rotatable bonds is 2. The summed E-state index contributed by atoms with van der Waals surface area (Å²) in [5.74, 6) is -0.228. The number of nitrogens with zero attached hydrogens (tertiary/aromatic N) is 3. The van der Waals surface area contributed by atoms with Crippen molar-refractivity contribution in [2.45, 2.75) is 19.9 Å². The zero-order valence-electron chi connectivity index (χ0n) is 11.2. The molecule has 1 aromatic carbocycles. The van der Waals surface area contributed by atoms with Gasteiger partial charge >= 0.3 is 0 Å². The molecule has 20 heavy (non-hydrogen) atoms. The largest absolute Gasteiger partial charge is 0.507 e. The Balaban J connectivity index is 2.39. The molecule has 2 heterocycles. The summed E-state index contributed by atoms with van der Waals surface area (Å²) < 4.78 is 15.9. The smallest absolute Gasteiger partial charge is 0.160 e. The van der Waals surface area contributed by atoms with Crippen LogP contribution in [-0.4, -0.2) is 19.6 Å². The maximum Gasteiger partial charge on any atom is 0.160 e. The summed E-state index contributed by atoms with van der Waals surface area (Å²) in [6.07, 6.45) is 1.67. The van der Waals surface area contributed by atoms with Crippen LogP contribution in [0.4, 0.5) is 4.39 Å². The molecule has 5 heteroatoms. The molecule has 2 aromatic heterocycles. The summed E-state index contributed by atoms with van der Waals surface area (Å²) in [6, 6.07) is 7.88. The van der Waals surface area contributed by atoms with Crippen LogP contribution < -0.4 is 0 Å². The molecule has 0 amide bonds. The SMILES string of the molecule is CC(C)n1c(-c2c(O)cccc2F)nc2cccnc21. The van der Waals surface area contributed by atoms with Crippen molar-refractivity contribution in [1.29, 1.82) is 0 Å². The van der Waals surface area contributed by atoms with Gasteiger partial charge in [0, 0.05) is 12.2 Å². The highest BCUT2D eigenvalue weighted by atomic mass is 19.1. The molecule has 0 spiro atoms. The van der Waals surface area contributed by atoms with Gasteiger partial charge in [-0.2, -0.15) is 0 Å².